The minimum atomic E-state index is 0.355. The van der Waals surface area contributed by atoms with Crippen LogP contribution in [0.1, 0.15) is 38.3 Å². The molecule has 1 aliphatic rings. The lowest BCUT2D eigenvalue weighted by Crippen LogP contribution is -2.43. The van der Waals surface area contributed by atoms with Crippen LogP contribution in [0, 0.1) is 0 Å². The predicted octanol–water partition coefficient (Wildman–Crippen LogP) is 3.03. The van der Waals surface area contributed by atoms with Crippen molar-refractivity contribution in [1.82, 2.24) is 10.3 Å². The Morgan fingerprint density at radius 1 is 1.37 bits per heavy atom. The maximum Gasteiger partial charge on any atom is 0.0479 e. The van der Waals surface area contributed by atoms with Crippen molar-refractivity contribution < 1.29 is 4.74 Å². The van der Waals surface area contributed by atoms with Crippen molar-refractivity contribution >= 4 is 11.8 Å². The van der Waals surface area contributed by atoms with Crippen molar-refractivity contribution in [3.63, 3.8) is 0 Å². The van der Waals surface area contributed by atoms with E-state index in [1.165, 1.54) is 11.3 Å². The minimum Gasteiger partial charge on any atom is -0.381 e. The molecule has 0 unspecified atom stereocenters. The number of aromatic nitrogens is 1. The van der Waals surface area contributed by atoms with E-state index in [1.807, 2.05) is 12.4 Å². The molecule has 1 N–H and O–H groups in total. The average molecular weight is 280 g/mol. The van der Waals surface area contributed by atoms with E-state index in [0.29, 0.717) is 10.8 Å². The van der Waals surface area contributed by atoms with Gasteiger partial charge in [0.25, 0.3) is 0 Å². The molecular weight excluding hydrogens is 256 g/mol. The van der Waals surface area contributed by atoms with Gasteiger partial charge in [0, 0.05) is 42.9 Å². The van der Waals surface area contributed by atoms with Crippen molar-refractivity contribution in [3.8, 4) is 0 Å². The highest BCUT2D eigenvalue weighted by Gasteiger charge is 2.32. The Kier molecular flexibility index (Phi) is 5.67. The van der Waals surface area contributed by atoms with Crippen LogP contribution in [0.5, 0.6) is 0 Å². The molecule has 0 saturated carbocycles. The zero-order chi connectivity index (χ0) is 13.6. The smallest absolute Gasteiger partial charge is 0.0479 e. The number of pyridine rings is 1. The molecule has 0 radical (unpaired) electrons. The first-order valence-corrected chi connectivity index (χ1v) is 8.09. The molecule has 0 aliphatic carbocycles. The average Bonchev–Trinajstić information content (AvgIpc) is 2.47. The van der Waals surface area contributed by atoms with E-state index in [0.717, 1.165) is 32.6 Å². The third-order valence-electron chi connectivity index (χ3n) is 3.79. The second kappa shape index (κ2) is 7.27. The van der Waals surface area contributed by atoms with Crippen molar-refractivity contribution in [3.05, 3.63) is 30.1 Å². The molecular formula is C15H24N2OS. The monoisotopic (exact) mass is 280 g/mol. The first-order chi connectivity index (χ1) is 9.26. The van der Waals surface area contributed by atoms with Gasteiger partial charge >= 0.3 is 0 Å². The maximum atomic E-state index is 5.51. The van der Waals surface area contributed by atoms with E-state index < -0.39 is 0 Å². The van der Waals surface area contributed by atoms with E-state index in [1.54, 1.807) is 0 Å². The van der Waals surface area contributed by atoms with Crippen molar-refractivity contribution in [2.45, 2.75) is 37.5 Å². The number of ether oxygens (including phenoxy) is 1. The first-order valence-electron chi connectivity index (χ1n) is 7.11. The quantitative estimate of drug-likeness (QED) is 0.868. The Hall–Kier alpha value is -0.580. The Morgan fingerprint density at radius 3 is 2.68 bits per heavy atom. The highest BCUT2D eigenvalue weighted by molar-refractivity contribution is 8.00. The van der Waals surface area contributed by atoms with Crippen LogP contribution in [0.25, 0.3) is 0 Å². The molecule has 1 aliphatic heterocycles. The second-order valence-electron chi connectivity index (χ2n) is 5.11. The van der Waals surface area contributed by atoms with Gasteiger partial charge < -0.3 is 10.1 Å². The van der Waals surface area contributed by atoms with Crippen molar-refractivity contribution in [2.75, 3.05) is 25.5 Å². The first kappa shape index (κ1) is 14.8. The van der Waals surface area contributed by atoms with Crippen LogP contribution < -0.4 is 5.32 Å². The Balaban J connectivity index is 1.91. The van der Waals surface area contributed by atoms with Crippen LogP contribution in [0.3, 0.4) is 0 Å². The van der Waals surface area contributed by atoms with Gasteiger partial charge in [0.05, 0.1) is 0 Å². The molecule has 1 saturated heterocycles. The van der Waals surface area contributed by atoms with Crippen LogP contribution in [0.4, 0.5) is 0 Å². The molecule has 3 nitrogen and oxygen atoms in total. The fourth-order valence-corrected chi connectivity index (χ4v) is 3.78. The molecule has 1 aromatic rings. The number of hydrogen-bond donors (Lipinski definition) is 1. The lowest BCUT2D eigenvalue weighted by atomic mass is 9.98. The predicted molar refractivity (Wildman–Crippen MR) is 81.6 cm³/mol. The summed E-state index contributed by atoms with van der Waals surface area (Å²) in [6.45, 7) is 7.32. The van der Waals surface area contributed by atoms with Crippen molar-refractivity contribution in [1.29, 1.82) is 0 Å². The molecule has 0 amide bonds. The third-order valence-corrected chi connectivity index (χ3v) is 5.24. The summed E-state index contributed by atoms with van der Waals surface area (Å²) in [5.41, 5.74) is 1.30. The van der Waals surface area contributed by atoms with Gasteiger partial charge in [-0.3, -0.25) is 4.98 Å². The van der Waals surface area contributed by atoms with Crippen LogP contribution in [0.2, 0.25) is 0 Å². The molecule has 4 heteroatoms. The van der Waals surface area contributed by atoms with Crippen LogP contribution in [0.15, 0.2) is 24.5 Å². The highest BCUT2D eigenvalue weighted by atomic mass is 32.2. The normalized spacial score (nSPS) is 20.1. The molecule has 1 aromatic heterocycles. The van der Waals surface area contributed by atoms with Gasteiger partial charge in [-0.05, 0) is 43.2 Å². The summed E-state index contributed by atoms with van der Waals surface area (Å²) in [6, 6.07) is 4.54. The summed E-state index contributed by atoms with van der Waals surface area (Å²) >= 11 is 2.08. The number of rotatable bonds is 6. The van der Waals surface area contributed by atoms with Gasteiger partial charge in [0.15, 0.2) is 0 Å². The van der Waals surface area contributed by atoms with Gasteiger partial charge in [-0.25, -0.2) is 0 Å². The number of hydrogen-bond acceptors (Lipinski definition) is 4. The van der Waals surface area contributed by atoms with Crippen LogP contribution >= 0.6 is 11.8 Å². The summed E-state index contributed by atoms with van der Waals surface area (Å²) in [5.74, 6) is 1.17. The fraction of sp³-hybridized carbons (Fsp3) is 0.667. The Morgan fingerprint density at radius 2 is 2.05 bits per heavy atom. The van der Waals surface area contributed by atoms with Crippen LogP contribution in [-0.4, -0.2) is 35.2 Å². The number of nitrogens with zero attached hydrogens (tertiary/aromatic N) is 1. The third kappa shape index (κ3) is 4.20. The molecule has 1 atom stereocenters. The van der Waals surface area contributed by atoms with E-state index in [9.17, 15) is 0 Å². The van der Waals surface area contributed by atoms with Crippen LogP contribution in [-0.2, 0) is 4.74 Å². The second-order valence-corrected chi connectivity index (χ2v) is 6.84. The summed E-state index contributed by atoms with van der Waals surface area (Å²) in [7, 11) is 0. The molecule has 1 fully saturated rings. The van der Waals surface area contributed by atoms with E-state index in [-0.39, 0.29) is 0 Å². The Bertz CT molecular complexity index is 360. The van der Waals surface area contributed by atoms with E-state index in [2.05, 4.69) is 48.0 Å². The summed E-state index contributed by atoms with van der Waals surface area (Å²) < 4.78 is 5.87. The SMILES string of the molecule is CCSC1(CN[C@@H](C)c2ccncc2)CCOCC1. The minimum absolute atomic E-state index is 0.355. The maximum absolute atomic E-state index is 5.51. The molecule has 0 bridgehead atoms. The number of nitrogens with one attached hydrogen (secondary N) is 1. The lowest BCUT2D eigenvalue weighted by Gasteiger charge is -2.37. The topological polar surface area (TPSA) is 34.2 Å². The standard InChI is InChI=1S/C15H24N2OS/c1-3-19-15(6-10-18-11-7-15)12-17-13(2)14-4-8-16-9-5-14/h4-5,8-9,13,17H,3,6-7,10-12H2,1-2H3/t13-/m0/s1. The van der Waals surface area contributed by atoms with Gasteiger partial charge in [0.2, 0.25) is 0 Å². The number of thioether (sulfide) groups is 1. The summed E-state index contributed by atoms with van der Waals surface area (Å²) in [5, 5.41) is 3.69. The Labute approximate surface area is 120 Å². The fourth-order valence-electron chi connectivity index (χ4n) is 2.53. The molecule has 2 heterocycles. The molecule has 0 aromatic carbocycles. The largest absolute Gasteiger partial charge is 0.381 e. The molecule has 106 valence electrons. The van der Waals surface area contributed by atoms with Gasteiger partial charge in [-0.1, -0.05) is 6.92 Å². The highest BCUT2D eigenvalue weighted by Crippen LogP contribution is 2.35. The summed E-state index contributed by atoms with van der Waals surface area (Å²) in [6.07, 6.45) is 6.03. The zero-order valence-corrected chi connectivity index (χ0v) is 12.7. The van der Waals surface area contributed by atoms with Gasteiger partial charge in [0.1, 0.15) is 0 Å². The molecule has 2 rings (SSSR count). The molecule has 19 heavy (non-hydrogen) atoms. The van der Waals surface area contributed by atoms with Gasteiger partial charge in [-0.15, -0.1) is 0 Å². The summed E-state index contributed by atoms with van der Waals surface area (Å²) in [4.78, 5) is 4.07. The zero-order valence-electron chi connectivity index (χ0n) is 11.9. The lowest BCUT2D eigenvalue weighted by molar-refractivity contribution is 0.0766. The van der Waals surface area contributed by atoms with Gasteiger partial charge in [-0.2, -0.15) is 11.8 Å². The van der Waals surface area contributed by atoms with Crippen molar-refractivity contribution in [2.24, 2.45) is 0 Å². The molecule has 0 spiro atoms. The van der Waals surface area contributed by atoms with E-state index >= 15 is 0 Å². The van der Waals surface area contributed by atoms with E-state index in [4.69, 9.17) is 4.74 Å².